The smallest absolute Gasteiger partial charge is 0.251 e. The van der Waals surface area contributed by atoms with Crippen LogP contribution >= 0.6 is 24.8 Å². The summed E-state index contributed by atoms with van der Waals surface area (Å²) < 4.78 is 0. The van der Waals surface area contributed by atoms with E-state index in [0.717, 1.165) is 0 Å². The van der Waals surface area contributed by atoms with E-state index in [9.17, 15) is 10.0 Å². The molecule has 1 saturated heterocycles. The van der Waals surface area contributed by atoms with Crippen molar-refractivity contribution in [2.75, 3.05) is 0 Å². The topological polar surface area (TPSA) is 65.5 Å². The van der Waals surface area contributed by atoms with Crippen molar-refractivity contribution in [2.45, 2.75) is 51.2 Å². The summed E-state index contributed by atoms with van der Waals surface area (Å²) in [7, 11) is 0. The van der Waals surface area contributed by atoms with Crippen LogP contribution < -0.4 is 5.32 Å². The molecule has 0 bridgehead atoms. The first-order valence-corrected chi connectivity index (χ1v) is 6.45. The number of carbonyl (C=O) groups excluding carboxylic acids is 1. The minimum Gasteiger partial charge on any atom is -0.347 e. The van der Waals surface area contributed by atoms with Crippen molar-refractivity contribution in [3.05, 3.63) is 30.1 Å². The van der Waals surface area contributed by atoms with E-state index in [2.05, 4.69) is 10.3 Å². The molecule has 1 aromatic heterocycles. The van der Waals surface area contributed by atoms with Crippen LogP contribution in [0, 0.1) is 0 Å². The zero-order valence-corrected chi connectivity index (χ0v) is 14.3. The minimum absolute atomic E-state index is 0. The minimum atomic E-state index is -0.494. The molecule has 5 nitrogen and oxygen atoms in total. The second-order valence-corrected chi connectivity index (χ2v) is 6.24. The van der Waals surface area contributed by atoms with Gasteiger partial charge in [-0.25, -0.2) is 0 Å². The average Bonchev–Trinajstić information content (AvgIpc) is 2.51. The van der Waals surface area contributed by atoms with Crippen LogP contribution in [0.2, 0.25) is 0 Å². The molecule has 21 heavy (non-hydrogen) atoms. The zero-order valence-electron chi connectivity index (χ0n) is 12.7. The highest BCUT2D eigenvalue weighted by atomic mass is 35.5. The molecular formula is C14H23Cl2N3O2. The Morgan fingerprint density at radius 1 is 1.29 bits per heavy atom. The first-order valence-electron chi connectivity index (χ1n) is 6.45. The van der Waals surface area contributed by atoms with Gasteiger partial charge < -0.3 is 10.5 Å². The Morgan fingerprint density at radius 3 is 2.24 bits per heavy atom. The lowest BCUT2D eigenvalue weighted by Crippen LogP contribution is -2.53. The molecule has 1 atom stereocenters. The Hall–Kier alpha value is -0.880. The van der Waals surface area contributed by atoms with Gasteiger partial charge >= 0.3 is 0 Å². The quantitative estimate of drug-likeness (QED) is 0.871. The fourth-order valence-corrected chi connectivity index (χ4v) is 2.74. The van der Waals surface area contributed by atoms with Crippen LogP contribution in [-0.4, -0.2) is 38.3 Å². The molecule has 0 saturated carbocycles. The van der Waals surface area contributed by atoms with Crippen LogP contribution in [0.5, 0.6) is 0 Å². The molecule has 7 heteroatoms. The standard InChI is InChI=1S/C14H21N3O2.2ClH/c1-13(2)9-11(14(3,4)17(13)19)16-12(18)10-5-7-15-8-6-10;;/h5-8,11,19H,9H2,1-4H3,(H,16,18);2*1H. The van der Waals surface area contributed by atoms with E-state index in [4.69, 9.17) is 0 Å². The molecule has 0 spiro atoms. The third-order valence-electron chi connectivity index (χ3n) is 3.92. The SMILES string of the molecule is CC1(C)CC(NC(=O)c2ccncc2)C(C)(C)N1O.Cl.Cl. The van der Waals surface area contributed by atoms with Gasteiger partial charge in [0.25, 0.3) is 5.91 Å². The maximum absolute atomic E-state index is 12.2. The molecule has 120 valence electrons. The summed E-state index contributed by atoms with van der Waals surface area (Å²) >= 11 is 0. The summed E-state index contributed by atoms with van der Waals surface area (Å²) in [4.78, 5) is 16.1. The number of halogens is 2. The zero-order chi connectivity index (χ0) is 14.3. The number of rotatable bonds is 2. The second-order valence-electron chi connectivity index (χ2n) is 6.24. The number of pyridine rings is 1. The molecule has 0 aliphatic carbocycles. The Morgan fingerprint density at radius 2 is 1.81 bits per heavy atom. The summed E-state index contributed by atoms with van der Waals surface area (Å²) in [6.07, 6.45) is 3.89. The maximum Gasteiger partial charge on any atom is 0.251 e. The molecular weight excluding hydrogens is 313 g/mol. The lowest BCUT2D eigenvalue weighted by molar-refractivity contribution is -0.193. The van der Waals surface area contributed by atoms with Crippen molar-refractivity contribution in [2.24, 2.45) is 0 Å². The first kappa shape index (κ1) is 20.1. The Kier molecular flexibility index (Phi) is 6.63. The summed E-state index contributed by atoms with van der Waals surface area (Å²) in [5.41, 5.74) is -0.258. The molecule has 1 aliphatic rings. The van der Waals surface area contributed by atoms with Crippen molar-refractivity contribution < 1.29 is 10.0 Å². The van der Waals surface area contributed by atoms with Crippen LogP contribution in [0.15, 0.2) is 24.5 Å². The normalized spacial score (nSPS) is 22.8. The third-order valence-corrected chi connectivity index (χ3v) is 3.92. The summed E-state index contributed by atoms with van der Waals surface area (Å²) in [5.74, 6) is -0.133. The molecule has 1 amide bonds. The average molecular weight is 336 g/mol. The van der Waals surface area contributed by atoms with Gasteiger partial charge in [-0.15, -0.1) is 24.8 Å². The molecule has 2 rings (SSSR count). The maximum atomic E-state index is 12.2. The van der Waals surface area contributed by atoms with Gasteiger partial charge in [-0.05, 0) is 46.2 Å². The van der Waals surface area contributed by atoms with E-state index in [1.165, 1.54) is 5.06 Å². The highest BCUT2D eigenvalue weighted by molar-refractivity contribution is 5.94. The summed E-state index contributed by atoms with van der Waals surface area (Å²) in [6.45, 7) is 7.79. The van der Waals surface area contributed by atoms with Crippen molar-refractivity contribution in [3.8, 4) is 0 Å². The van der Waals surface area contributed by atoms with Gasteiger partial charge in [0, 0.05) is 23.5 Å². The molecule has 2 N–H and O–H groups in total. The van der Waals surface area contributed by atoms with Crippen molar-refractivity contribution in [3.63, 3.8) is 0 Å². The fraction of sp³-hybridized carbons (Fsp3) is 0.571. The van der Waals surface area contributed by atoms with E-state index in [1.807, 2.05) is 27.7 Å². The lowest BCUT2D eigenvalue weighted by Gasteiger charge is -2.35. The molecule has 0 aromatic carbocycles. The van der Waals surface area contributed by atoms with Crippen LogP contribution in [0.1, 0.15) is 44.5 Å². The van der Waals surface area contributed by atoms with Crippen molar-refractivity contribution in [1.82, 2.24) is 15.4 Å². The molecule has 1 aliphatic heterocycles. The van der Waals surface area contributed by atoms with Gasteiger partial charge in [0.15, 0.2) is 0 Å². The fourth-order valence-electron chi connectivity index (χ4n) is 2.74. The predicted molar refractivity (Wildman–Crippen MR) is 86.4 cm³/mol. The van der Waals surface area contributed by atoms with E-state index < -0.39 is 5.54 Å². The number of amides is 1. The summed E-state index contributed by atoms with van der Waals surface area (Å²) in [6, 6.07) is 3.26. The van der Waals surface area contributed by atoms with E-state index in [0.29, 0.717) is 12.0 Å². The predicted octanol–water partition coefficient (Wildman–Crippen LogP) is 2.68. The van der Waals surface area contributed by atoms with E-state index in [1.54, 1.807) is 24.5 Å². The highest BCUT2D eigenvalue weighted by Crippen LogP contribution is 2.39. The van der Waals surface area contributed by atoms with Crippen LogP contribution in [-0.2, 0) is 0 Å². The number of aromatic nitrogens is 1. The molecule has 2 heterocycles. The van der Waals surface area contributed by atoms with Crippen molar-refractivity contribution in [1.29, 1.82) is 0 Å². The van der Waals surface area contributed by atoms with Crippen LogP contribution in [0.4, 0.5) is 0 Å². The van der Waals surface area contributed by atoms with Crippen LogP contribution in [0.25, 0.3) is 0 Å². The Labute approximate surface area is 137 Å². The first-order chi connectivity index (χ1) is 8.75. The number of nitrogens with zero attached hydrogens (tertiary/aromatic N) is 2. The molecule has 1 unspecified atom stereocenters. The Bertz CT molecular complexity index is 480. The van der Waals surface area contributed by atoms with E-state index in [-0.39, 0.29) is 42.3 Å². The van der Waals surface area contributed by atoms with Gasteiger partial charge in [-0.1, -0.05) is 0 Å². The molecule has 1 fully saturated rings. The number of nitrogens with one attached hydrogen (secondary N) is 1. The van der Waals surface area contributed by atoms with Gasteiger partial charge in [0.1, 0.15) is 0 Å². The second kappa shape index (κ2) is 6.92. The van der Waals surface area contributed by atoms with Crippen molar-refractivity contribution >= 4 is 30.7 Å². The monoisotopic (exact) mass is 335 g/mol. The number of hydrogen-bond donors (Lipinski definition) is 2. The third kappa shape index (κ3) is 3.86. The molecule has 1 aromatic rings. The Balaban J connectivity index is 0.00000200. The number of hydroxylamine groups is 2. The lowest BCUT2D eigenvalue weighted by atomic mass is 9.94. The van der Waals surface area contributed by atoms with Gasteiger partial charge in [0.2, 0.25) is 0 Å². The molecule has 0 radical (unpaired) electrons. The van der Waals surface area contributed by atoms with Gasteiger partial charge in [-0.3, -0.25) is 9.78 Å². The van der Waals surface area contributed by atoms with Gasteiger partial charge in [0.05, 0.1) is 11.6 Å². The van der Waals surface area contributed by atoms with Gasteiger partial charge in [-0.2, -0.15) is 5.06 Å². The number of hydrogen-bond acceptors (Lipinski definition) is 4. The van der Waals surface area contributed by atoms with Crippen LogP contribution in [0.3, 0.4) is 0 Å². The summed E-state index contributed by atoms with van der Waals surface area (Å²) in [5, 5.41) is 14.6. The highest BCUT2D eigenvalue weighted by Gasteiger charge is 2.51. The van der Waals surface area contributed by atoms with E-state index >= 15 is 0 Å². The largest absolute Gasteiger partial charge is 0.347 e. The number of carbonyl (C=O) groups is 1.